The molecule has 0 aromatic heterocycles. The maximum absolute atomic E-state index is 4.94. The Balaban J connectivity index is 0.000000312. The second kappa shape index (κ2) is 13.0. The quantitative estimate of drug-likeness (QED) is 0.325. The van der Waals surface area contributed by atoms with Gasteiger partial charge in [0.2, 0.25) is 0 Å². The van der Waals surface area contributed by atoms with Gasteiger partial charge in [0, 0.05) is 26.4 Å². The second-order valence-corrected chi connectivity index (χ2v) is 14.1. The first kappa shape index (κ1) is 29.4. The fourth-order valence-electron chi connectivity index (χ4n) is 5.18. The molecule has 0 radical (unpaired) electrons. The van der Waals surface area contributed by atoms with Crippen LogP contribution in [0.3, 0.4) is 0 Å². The van der Waals surface area contributed by atoms with Crippen molar-refractivity contribution in [3.8, 4) is 0 Å². The van der Waals surface area contributed by atoms with Gasteiger partial charge in [-0.1, -0.05) is 0 Å². The van der Waals surface area contributed by atoms with Crippen LogP contribution in [0.4, 0.5) is 0 Å². The van der Waals surface area contributed by atoms with Gasteiger partial charge in [0.25, 0.3) is 0 Å². The topological polar surface area (TPSA) is 18.5 Å². The summed E-state index contributed by atoms with van der Waals surface area (Å²) in [5.41, 5.74) is 10.3. The van der Waals surface area contributed by atoms with E-state index in [9.17, 15) is 0 Å². The summed E-state index contributed by atoms with van der Waals surface area (Å²) in [6.07, 6.45) is 7.50. The third kappa shape index (κ3) is 6.71. The molecule has 2 saturated heterocycles. The van der Waals surface area contributed by atoms with Gasteiger partial charge in [0.1, 0.15) is 0 Å². The summed E-state index contributed by atoms with van der Waals surface area (Å²) >= 11 is -0.724. The Labute approximate surface area is 225 Å². The Hall–Kier alpha value is 0.218. The fraction of sp³-hybridized carbons (Fsp3) is 0.733. The summed E-state index contributed by atoms with van der Waals surface area (Å²) in [7, 11) is 0. The zero-order valence-corrected chi connectivity index (χ0v) is 25.9. The average molecular weight is 593 g/mol. The normalized spacial score (nSPS) is 23.8. The molecule has 188 valence electrons. The predicted molar refractivity (Wildman–Crippen MR) is 139 cm³/mol. The van der Waals surface area contributed by atoms with Gasteiger partial charge in [0.15, 0.2) is 0 Å². The van der Waals surface area contributed by atoms with E-state index in [1.165, 1.54) is 38.5 Å². The van der Waals surface area contributed by atoms with Crippen LogP contribution in [0.15, 0.2) is 36.0 Å². The Morgan fingerprint density at radius 1 is 0.606 bits per heavy atom. The Bertz CT molecular complexity index is 729. The number of rotatable bonds is 4. The van der Waals surface area contributed by atoms with Crippen LogP contribution in [-0.4, -0.2) is 26.4 Å². The predicted octanol–water partition coefficient (Wildman–Crippen LogP) is 8.75. The summed E-state index contributed by atoms with van der Waals surface area (Å²) in [6.45, 7) is 28.0. The molecule has 33 heavy (non-hydrogen) atoms. The molecular formula is C30H50O2Sm. The molecule has 2 heterocycles. The van der Waals surface area contributed by atoms with Crippen molar-refractivity contribution < 1.29 is 45.8 Å². The van der Waals surface area contributed by atoms with Crippen molar-refractivity contribution >= 4 is 0 Å². The van der Waals surface area contributed by atoms with Crippen molar-refractivity contribution in [3.63, 3.8) is 0 Å². The molecule has 0 aromatic rings. The van der Waals surface area contributed by atoms with Gasteiger partial charge in [0.05, 0.1) is 0 Å². The number of hydrogen-bond donors (Lipinski definition) is 0. The molecule has 0 unspecified atom stereocenters. The first-order valence-corrected chi connectivity index (χ1v) is 15.8. The van der Waals surface area contributed by atoms with E-state index < -0.39 is 36.3 Å². The van der Waals surface area contributed by atoms with Crippen LogP contribution in [0.25, 0.3) is 0 Å². The van der Waals surface area contributed by atoms with Crippen molar-refractivity contribution in [1.29, 1.82) is 0 Å². The molecule has 0 aromatic carbocycles. The molecule has 4 rings (SSSR count). The molecular weight excluding hydrogens is 543 g/mol. The van der Waals surface area contributed by atoms with E-state index >= 15 is 0 Å². The number of hydrogen-bond acceptors (Lipinski definition) is 2. The van der Waals surface area contributed by atoms with Crippen LogP contribution in [-0.2, 0) is 9.47 Å². The standard InChI is InChI=1S/2C11H17.2C4H8O.Sm/c2*1-6-10-7-11(4,5)9(3)8(10)2;2*1-2-4-5-3-1;/h2*6H2,1-5H3;2*1-4H2;. The monoisotopic (exact) mass is 594 g/mol. The summed E-state index contributed by atoms with van der Waals surface area (Å²) in [6, 6.07) is 0. The van der Waals surface area contributed by atoms with Crippen LogP contribution in [0.1, 0.15) is 108 Å². The zero-order chi connectivity index (χ0) is 24.8. The summed E-state index contributed by atoms with van der Waals surface area (Å²) in [5.74, 6) is 0. The van der Waals surface area contributed by atoms with Crippen molar-refractivity contribution in [1.82, 2.24) is 0 Å². The van der Waals surface area contributed by atoms with E-state index in [1.54, 1.807) is 33.4 Å². The van der Waals surface area contributed by atoms with Crippen LogP contribution in [0.2, 0.25) is 0 Å². The first-order chi connectivity index (χ1) is 15.5. The molecule has 0 amide bonds. The van der Waals surface area contributed by atoms with Gasteiger partial charge in [-0.2, -0.15) is 0 Å². The van der Waals surface area contributed by atoms with Crippen molar-refractivity contribution in [2.24, 2.45) is 10.8 Å². The van der Waals surface area contributed by atoms with Crippen molar-refractivity contribution in [3.05, 3.63) is 36.0 Å². The van der Waals surface area contributed by atoms with Gasteiger partial charge in [-0.05, 0) is 25.7 Å². The molecule has 0 spiro atoms. The molecule has 4 aliphatic rings. The molecule has 2 aliphatic carbocycles. The summed E-state index contributed by atoms with van der Waals surface area (Å²) in [4.78, 5) is 0. The average Bonchev–Trinajstić information content (AvgIpc) is 3.58. The van der Waals surface area contributed by atoms with Crippen LogP contribution in [0, 0.1) is 47.1 Å². The summed E-state index contributed by atoms with van der Waals surface area (Å²) in [5, 5.41) is 0. The van der Waals surface area contributed by atoms with Gasteiger partial charge in [-0.15, -0.1) is 0 Å². The molecule has 0 N–H and O–H groups in total. The fourth-order valence-corrected chi connectivity index (χ4v) is 11.2. The van der Waals surface area contributed by atoms with Gasteiger partial charge < -0.3 is 9.47 Å². The number of ether oxygens (including phenoxy) is 2. The van der Waals surface area contributed by atoms with E-state index in [-0.39, 0.29) is 10.8 Å². The Morgan fingerprint density at radius 3 is 1.12 bits per heavy atom. The molecule has 0 bridgehead atoms. The molecule has 0 atom stereocenters. The maximum atomic E-state index is 4.94. The first-order valence-electron chi connectivity index (χ1n) is 13.2. The van der Waals surface area contributed by atoms with Gasteiger partial charge in [-0.3, -0.25) is 0 Å². The van der Waals surface area contributed by atoms with E-state index in [4.69, 9.17) is 9.47 Å². The van der Waals surface area contributed by atoms with E-state index in [1.807, 2.05) is 2.58 Å². The second-order valence-electron chi connectivity index (χ2n) is 10.8. The molecule has 2 nitrogen and oxygen atoms in total. The minimum atomic E-state index is -0.724. The molecule has 2 fully saturated rings. The van der Waals surface area contributed by atoms with Crippen molar-refractivity contribution in [2.75, 3.05) is 26.4 Å². The third-order valence-electron chi connectivity index (χ3n) is 8.15. The van der Waals surface area contributed by atoms with Crippen LogP contribution < -0.4 is 0 Å². The molecule has 3 heteroatoms. The molecule has 2 aliphatic heterocycles. The SMILES string of the molecule is C1CCOC1.C1CCOC1.CCC1=[C]([Sm][C]2=C(CC)C(C)=C(C)C2(C)C)C(C)(C)C(C)=C1C. The van der Waals surface area contributed by atoms with E-state index in [2.05, 4.69) is 69.2 Å². The minimum absolute atomic E-state index is 0.284. The van der Waals surface area contributed by atoms with Gasteiger partial charge in [-0.25, -0.2) is 0 Å². The molecule has 0 saturated carbocycles. The van der Waals surface area contributed by atoms with E-state index in [0.717, 1.165) is 26.4 Å². The van der Waals surface area contributed by atoms with E-state index in [0.29, 0.717) is 0 Å². The van der Waals surface area contributed by atoms with Crippen molar-refractivity contribution in [2.45, 2.75) is 108 Å². The van der Waals surface area contributed by atoms with Crippen LogP contribution >= 0.6 is 0 Å². The number of allylic oxidation sites excluding steroid dienone is 8. The Kier molecular flexibility index (Phi) is 11.6. The van der Waals surface area contributed by atoms with Crippen LogP contribution in [0.5, 0.6) is 0 Å². The summed E-state index contributed by atoms with van der Waals surface area (Å²) < 4.78 is 13.6. The third-order valence-corrected chi connectivity index (χ3v) is 14.3. The Morgan fingerprint density at radius 2 is 0.909 bits per heavy atom. The van der Waals surface area contributed by atoms with Gasteiger partial charge >= 0.3 is 165 Å². The zero-order valence-electron chi connectivity index (χ0n) is 23.3.